The van der Waals surface area contributed by atoms with E-state index in [1.165, 1.54) is 0 Å². The van der Waals surface area contributed by atoms with Crippen LogP contribution >= 0.6 is 0 Å². The molecular formula is C19H25N3O5. The number of carbonyl (C=O) groups excluding carboxylic acids is 3. The van der Waals surface area contributed by atoms with E-state index in [9.17, 15) is 14.4 Å². The Morgan fingerprint density at radius 2 is 2.07 bits per heavy atom. The van der Waals surface area contributed by atoms with Gasteiger partial charge in [0, 0.05) is 30.6 Å². The average Bonchev–Trinajstić information content (AvgIpc) is 3.30. The Balaban J connectivity index is 1.57. The smallest absolute Gasteiger partial charge is 0.407 e. The second-order valence-electron chi connectivity index (χ2n) is 6.58. The van der Waals surface area contributed by atoms with Gasteiger partial charge in [-0.25, -0.2) is 4.79 Å². The van der Waals surface area contributed by atoms with Gasteiger partial charge in [0.25, 0.3) is 0 Å². The van der Waals surface area contributed by atoms with Crippen molar-refractivity contribution in [2.45, 2.75) is 32.6 Å². The van der Waals surface area contributed by atoms with Crippen LogP contribution in [-0.4, -0.2) is 44.1 Å². The van der Waals surface area contributed by atoms with Crippen LogP contribution < -0.4 is 10.6 Å². The third-order valence-corrected chi connectivity index (χ3v) is 4.63. The molecule has 2 N–H and O–H groups in total. The summed E-state index contributed by atoms with van der Waals surface area (Å²) in [6.07, 6.45) is 5.87. The number of Topliss-reactive ketones (excluding diaryl/α,β-unsaturated/α-hetero) is 1. The largest absolute Gasteiger partial charge is 0.450 e. The fourth-order valence-electron chi connectivity index (χ4n) is 2.77. The number of hydrogen-bond donors (Lipinski definition) is 2. The van der Waals surface area contributed by atoms with Gasteiger partial charge in [-0.2, -0.15) is 5.26 Å². The summed E-state index contributed by atoms with van der Waals surface area (Å²) in [4.78, 5) is 34.2. The van der Waals surface area contributed by atoms with Crippen molar-refractivity contribution in [3.63, 3.8) is 0 Å². The Morgan fingerprint density at radius 1 is 1.30 bits per heavy atom. The summed E-state index contributed by atoms with van der Waals surface area (Å²) in [7, 11) is 0. The maximum atomic E-state index is 11.7. The van der Waals surface area contributed by atoms with E-state index in [-0.39, 0.29) is 38.0 Å². The van der Waals surface area contributed by atoms with E-state index in [0.29, 0.717) is 12.3 Å². The second-order valence-corrected chi connectivity index (χ2v) is 6.58. The summed E-state index contributed by atoms with van der Waals surface area (Å²) < 4.78 is 9.73. The minimum atomic E-state index is -0.597. The van der Waals surface area contributed by atoms with E-state index in [0.717, 1.165) is 30.5 Å². The molecule has 27 heavy (non-hydrogen) atoms. The first-order valence-electron chi connectivity index (χ1n) is 9.09. The van der Waals surface area contributed by atoms with Crippen LogP contribution in [0.5, 0.6) is 0 Å². The maximum Gasteiger partial charge on any atom is 0.407 e. The first-order chi connectivity index (χ1) is 13.0. The molecule has 0 spiro atoms. The van der Waals surface area contributed by atoms with Crippen molar-refractivity contribution in [3.8, 4) is 6.07 Å². The summed E-state index contributed by atoms with van der Waals surface area (Å²) in [5.41, 5.74) is 2.15. The SMILES string of the molecule is C[C@@H]1C(=O)C1CNC1=CCC=C(COC(=O)NCCC(=O)OCC#N)CC1. The van der Waals surface area contributed by atoms with Crippen molar-refractivity contribution >= 4 is 17.8 Å². The minimum Gasteiger partial charge on any atom is -0.450 e. The van der Waals surface area contributed by atoms with Crippen molar-refractivity contribution in [3.05, 3.63) is 23.4 Å². The Labute approximate surface area is 158 Å². The van der Waals surface area contributed by atoms with Crippen molar-refractivity contribution in [1.82, 2.24) is 10.6 Å². The Morgan fingerprint density at radius 3 is 2.78 bits per heavy atom. The lowest BCUT2D eigenvalue weighted by Crippen LogP contribution is -2.27. The predicted octanol–water partition coefficient (Wildman–Crippen LogP) is 1.59. The number of nitriles is 1. The standard InChI is InChI=1S/C19H25N3O5/c1-13-16(18(13)24)11-22-15-4-2-3-14(5-6-15)12-27-19(25)21-9-7-17(23)26-10-8-20/h3-4,13,16,22H,2,5-7,9-12H2,1H3,(H,21,25)/t13-,16?/m0/s1. The molecule has 146 valence electrons. The number of ketones is 1. The van der Waals surface area contributed by atoms with Crippen molar-refractivity contribution in [1.29, 1.82) is 5.26 Å². The van der Waals surface area contributed by atoms with Gasteiger partial charge in [0.15, 0.2) is 6.61 Å². The highest BCUT2D eigenvalue weighted by Crippen LogP contribution is 2.32. The summed E-state index contributed by atoms with van der Waals surface area (Å²) in [5, 5.41) is 14.1. The molecule has 8 heteroatoms. The number of amides is 1. The minimum absolute atomic E-state index is 0.0134. The van der Waals surface area contributed by atoms with Gasteiger partial charge in [0.1, 0.15) is 18.5 Å². The molecule has 8 nitrogen and oxygen atoms in total. The predicted molar refractivity (Wildman–Crippen MR) is 96.2 cm³/mol. The van der Waals surface area contributed by atoms with Crippen LogP contribution in [-0.2, 0) is 19.1 Å². The normalized spacial score (nSPS) is 21.1. The van der Waals surface area contributed by atoms with E-state index >= 15 is 0 Å². The van der Waals surface area contributed by atoms with E-state index in [2.05, 4.69) is 21.4 Å². The van der Waals surface area contributed by atoms with Gasteiger partial charge in [0.2, 0.25) is 0 Å². The quantitative estimate of drug-likeness (QED) is 0.464. The van der Waals surface area contributed by atoms with Crippen molar-refractivity contribution in [2.24, 2.45) is 11.8 Å². The van der Waals surface area contributed by atoms with Crippen LogP contribution in [0.2, 0.25) is 0 Å². The van der Waals surface area contributed by atoms with Gasteiger partial charge < -0.3 is 20.1 Å². The molecule has 0 aliphatic heterocycles. The lowest BCUT2D eigenvalue weighted by atomic mass is 10.1. The fourth-order valence-corrected chi connectivity index (χ4v) is 2.77. The van der Waals surface area contributed by atoms with E-state index in [1.54, 1.807) is 6.07 Å². The third-order valence-electron chi connectivity index (χ3n) is 4.63. The van der Waals surface area contributed by atoms with Crippen LogP contribution in [0.1, 0.15) is 32.6 Å². The highest BCUT2D eigenvalue weighted by Gasteiger charge is 2.44. The number of rotatable bonds is 9. The van der Waals surface area contributed by atoms with Gasteiger partial charge in [-0.3, -0.25) is 9.59 Å². The van der Waals surface area contributed by atoms with Gasteiger partial charge in [-0.05, 0) is 24.8 Å². The molecular weight excluding hydrogens is 350 g/mol. The summed E-state index contributed by atoms with van der Waals surface area (Å²) in [6, 6.07) is 1.70. The number of hydrogen-bond acceptors (Lipinski definition) is 7. The molecule has 0 aromatic rings. The zero-order chi connectivity index (χ0) is 19.6. The second kappa shape index (κ2) is 10.4. The average molecular weight is 375 g/mol. The number of esters is 1. The number of nitrogens with one attached hydrogen (secondary N) is 2. The number of allylic oxidation sites excluding steroid dienone is 3. The number of carbonyl (C=O) groups is 3. The van der Waals surface area contributed by atoms with Crippen LogP contribution in [0.3, 0.4) is 0 Å². The van der Waals surface area contributed by atoms with E-state index in [1.807, 2.05) is 13.0 Å². The first kappa shape index (κ1) is 20.5. The number of alkyl carbamates (subject to hydrolysis) is 1. The Kier molecular flexibility index (Phi) is 7.86. The first-order valence-corrected chi connectivity index (χ1v) is 9.09. The van der Waals surface area contributed by atoms with Crippen molar-refractivity contribution in [2.75, 3.05) is 26.3 Å². The molecule has 1 saturated carbocycles. The topological polar surface area (TPSA) is 118 Å². The summed E-state index contributed by atoms with van der Waals surface area (Å²) in [5.74, 6) is 0.105. The van der Waals surface area contributed by atoms with Crippen LogP contribution in [0.4, 0.5) is 4.79 Å². The highest BCUT2D eigenvalue weighted by atomic mass is 16.5. The third kappa shape index (κ3) is 7.13. The monoisotopic (exact) mass is 375 g/mol. The molecule has 0 bridgehead atoms. The fraction of sp³-hybridized carbons (Fsp3) is 0.579. The number of nitrogens with zero attached hydrogens (tertiary/aromatic N) is 1. The zero-order valence-electron chi connectivity index (χ0n) is 15.5. The molecule has 0 aromatic carbocycles. The molecule has 2 rings (SSSR count). The zero-order valence-corrected chi connectivity index (χ0v) is 15.5. The van der Waals surface area contributed by atoms with E-state index in [4.69, 9.17) is 10.00 Å². The highest BCUT2D eigenvalue weighted by molar-refractivity contribution is 5.99. The van der Waals surface area contributed by atoms with Gasteiger partial charge in [0.05, 0.1) is 6.42 Å². The molecule has 0 aromatic heterocycles. The van der Waals surface area contributed by atoms with Crippen LogP contribution in [0.25, 0.3) is 0 Å². The van der Waals surface area contributed by atoms with Crippen LogP contribution in [0.15, 0.2) is 23.4 Å². The van der Waals surface area contributed by atoms with Crippen molar-refractivity contribution < 1.29 is 23.9 Å². The van der Waals surface area contributed by atoms with Gasteiger partial charge in [-0.15, -0.1) is 0 Å². The molecule has 0 heterocycles. The maximum absolute atomic E-state index is 11.7. The Bertz CT molecular complexity index is 677. The lowest BCUT2D eigenvalue weighted by Gasteiger charge is -2.11. The van der Waals surface area contributed by atoms with E-state index < -0.39 is 12.1 Å². The molecule has 0 saturated heterocycles. The van der Waals surface area contributed by atoms with Gasteiger partial charge in [-0.1, -0.05) is 19.1 Å². The molecule has 2 atom stereocenters. The van der Waals surface area contributed by atoms with Crippen LogP contribution in [0, 0.1) is 23.2 Å². The molecule has 1 unspecified atom stereocenters. The molecule has 2 aliphatic carbocycles. The lowest BCUT2D eigenvalue weighted by molar-refractivity contribution is -0.142. The molecule has 1 fully saturated rings. The Hall–Kier alpha value is -2.82. The molecule has 0 radical (unpaired) electrons. The summed E-state index contributed by atoms with van der Waals surface area (Å²) >= 11 is 0. The number of ether oxygens (including phenoxy) is 2. The van der Waals surface area contributed by atoms with Gasteiger partial charge >= 0.3 is 12.1 Å². The summed E-state index contributed by atoms with van der Waals surface area (Å²) in [6.45, 7) is 2.64. The molecule has 1 amide bonds. The molecule has 2 aliphatic rings.